The fourth-order valence-electron chi connectivity index (χ4n) is 3.26. The van der Waals surface area contributed by atoms with Crippen LogP contribution in [0.2, 0.25) is 0 Å². The van der Waals surface area contributed by atoms with Gasteiger partial charge >= 0.3 is 6.18 Å². The van der Waals surface area contributed by atoms with Gasteiger partial charge in [0.1, 0.15) is 6.33 Å². The van der Waals surface area contributed by atoms with E-state index in [1.165, 1.54) is 18.5 Å². The summed E-state index contributed by atoms with van der Waals surface area (Å²) in [5.74, 6) is -0.958. The van der Waals surface area contributed by atoms with E-state index in [2.05, 4.69) is 20.3 Å². The quantitative estimate of drug-likeness (QED) is 0.525. The van der Waals surface area contributed by atoms with Crippen molar-refractivity contribution in [3.63, 3.8) is 0 Å². The zero-order valence-electron chi connectivity index (χ0n) is 16.7. The normalized spacial score (nSPS) is 12.7. The fraction of sp³-hybridized carbons (Fsp3) is 0.182. The largest absolute Gasteiger partial charge is 0.412 e. The lowest BCUT2D eigenvalue weighted by molar-refractivity contribution is -0.155. The molecular weight excluding hydrogens is 407 g/mol. The van der Waals surface area contributed by atoms with Gasteiger partial charge in [-0.15, -0.1) is 0 Å². The van der Waals surface area contributed by atoms with Crippen molar-refractivity contribution in [3.05, 3.63) is 83.7 Å². The third-order valence-electron chi connectivity index (χ3n) is 4.88. The highest BCUT2D eigenvalue weighted by molar-refractivity contribution is 5.98. The Hall–Kier alpha value is -3.75. The van der Waals surface area contributed by atoms with Crippen LogP contribution in [0.25, 0.3) is 16.9 Å². The SMILES string of the molecule is Cc1ccc(C(NC(=O)c2ncn3c(C)cc(-c4cccnc4)nc23)C(F)(F)F)cc1. The van der Waals surface area contributed by atoms with Gasteiger partial charge in [0, 0.05) is 23.7 Å². The standard InChI is InChI=1S/C22H18F3N5O/c1-13-5-7-15(8-6-13)19(22(23,24)25)29-21(31)18-20-28-17(16-4-3-9-26-11-16)10-14(2)30(20)12-27-18/h3-12,19H,1-2H3,(H,29,31). The number of amides is 1. The van der Waals surface area contributed by atoms with Gasteiger partial charge < -0.3 is 5.32 Å². The molecule has 6 nitrogen and oxygen atoms in total. The van der Waals surface area contributed by atoms with Crippen LogP contribution in [0.1, 0.15) is 33.4 Å². The van der Waals surface area contributed by atoms with E-state index in [0.717, 1.165) is 11.3 Å². The van der Waals surface area contributed by atoms with E-state index in [9.17, 15) is 18.0 Å². The van der Waals surface area contributed by atoms with Crippen molar-refractivity contribution in [1.82, 2.24) is 24.7 Å². The van der Waals surface area contributed by atoms with E-state index < -0.39 is 18.1 Å². The molecule has 3 heterocycles. The van der Waals surface area contributed by atoms with E-state index in [1.54, 1.807) is 61.0 Å². The van der Waals surface area contributed by atoms with Crippen LogP contribution in [-0.2, 0) is 0 Å². The molecule has 0 fully saturated rings. The van der Waals surface area contributed by atoms with Crippen LogP contribution in [-0.4, -0.2) is 31.4 Å². The first-order valence-electron chi connectivity index (χ1n) is 9.43. The molecule has 1 amide bonds. The molecule has 1 unspecified atom stereocenters. The van der Waals surface area contributed by atoms with Crippen LogP contribution in [0.4, 0.5) is 13.2 Å². The second-order valence-corrected chi connectivity index (χ2v) is 7.17. The van der Waals surface area contributed by atoms with Crippen molar-refractivity contribution in [2.75, 3.05) is 0 Å². The number of aryl methyl sites for hydroxylation is 2. The smallest absolute Gasteiger partial charge is 0.335 e. The summed E-state index contributed by atoms with van der Waals surface area (Å²) in [6, 6.07) is 9.01. The topological polar surface area (TPSA) is 72.2 Å². The van der Waals surface area contributed by atoms with Crippen molar-refractivity contribution >= 4 is 11.6 Å². The van der Waals surface area contributed by atoms with Crippen LogP contribution in [0.3, 0.4) is 0 Å². The Balaban J connectivity index is 1.73. The summed E-state index contributed by atoms with van der Waals surface area (Å²) in [5, 5.41) is 2.07. The summed E-state index contributed by atoms with van der Waals surface area (Å²) < 4.78 is 42.7. The third kappa shape index (κ3) is 4.11. The number of hydrogen-bond acceptors (Lipinski definition) is 4. The monoisotopic (exact) mass is 425 g/mol. The molecular formula is C22H18F3N5O. The molecule has 0 saturated heterocycles. The van der Waals surface area contributed by atoms with Crippen molar-refractivity contribution < 1.29 is 18.0 Å². The number of hydrogen-bond donors (Lipinski definition) is 1. The highest BCUT2D eigenvalue weighted by atomic mass is 19.4. The zero-order valence-corrected chi connectivity index (χ0v) is 16.7. The first-order chi connectivity index (χ1) is 14.7. The van der Waals surface area contributed by atoms with Gasteiger partial charge in [0.2, 0.25) is 0 Å². The molecule has 0 bridgehead atoms. The van der Waals surface area contributed by atoms with Crippen LogP contribution in [0.5, 0.6) is 0 Å². The maximum Gasteiger partial charge on any atom is 0.412 e. The van der Waals surface area contributed by atoms with Gasteiger partial charge in [0.15, 0.2) is 17.4 Å². The molecule has 158 valence electrons. The number of halogens is 3. The molecule has 0 aliphatic rings. The lowest BCUT2D eigenvalue weighted by Gasteiger charge is -2.22. The number of nitrogens with one attached hydrogen (secondary N) is 1. The number of rotatable bonds is 4. The lowest BCUT2D eigenvalue weighted by atomic mass is 10.0. The number of alkyl halides is 3. The minimum absolute atomic E-state index is 0.0600. The summed E-state index contributed by atoms with van der Waals surface area (Å²) in [4.78, 5) is 25.4. The number of imidazole rings is 1. The highest BCUT2D eigenvalue weighted by Crippen LogP contribution is 2.33. The van der Waals surface area contributed by atoms with Gasteiger partial charge in [0.05, 0.1) is 5.69 Å². The summed E-state index contributed by atoms with van der Waals surface area (Å²) in [5.41, 5.74) is 2.72. The van der Waals surface area contributed by atoms with Crippen LogP contribution < -0.4 is 5.32 Å². The predicted molar refractivity (Wildman–Crippen MR) is 108 cm³/mol. The Labute approximate surface area is 175 Å². The Morgan fingerprint density at radius 3 is 2.52 bits per heavy atom. The van der Waals surface area contributed by atoms with Gasteiger partial charge in [-0.05, 0) is 37.6 Å². The van der Waals surface area contributed by atoms with Crippen molar-refractivity contribution in [1.29, 1.82) is 0 Å². The van der Waals surface area contributed by atoms with E-state index in [1.807, 2.05) is 0 Å². The maximum absolute atomic E-state index is 13.7. The number of benzene rings is 1. The minimum Gasteiger partial charge on any atom is -0.335 e. The van der Waals surface area contributed by atoms with Gasteiger partial charge in [-0.3, -0.25) is 14.2 Å². The summed E-state index contributed by atoms with van der Waals surface area (Å²) in [7, 11) is 0. The first kappa shape index (κ1) is 20.5. The molecule has 0 radical (unpaired) electrons. The second-order valence-electron chi connectivity index (χ2n) is 7.17. The Bertz CT molecular complexity index is 1230. The lowest BCUT2D eigenvalue weighted by Crippen LogP contribution is -2.38. The number of nitrogens with zero attached hydrogens (tertiary/aromatic N) is 4. The van der Waals surface area contributed by atoms with Gasteiger partial charge in [-0.2, -0.15) is 13.2 Å². The zero-order chi connectivity index (χ0) is 22.2. The van der Waals surface area contributed by atoms with Gasteiger partial charge in [0.25, 0.3) is 5.91 Å². The first-order valence-corrected chi connectivity index (χ1v) is 9.43. The summed E-state index contributed by atoms with van der Waals surface area (Å²) in [6.07, 6.45) is -0.0703. The number of carbonyl (C=O) groups excluding carboxylic acids is 1. The van der Waals surface area contributed by atoms with Gasteiger partial charge in [-0.25, -0.2) is 9.97 Å². The van der Waals surface area contributed by atoms with Crippen LogP contribution in [0.15, 0.2) is 61.2 Å². The number of aromatic nitrogens is 4. The van der Waals surface area contributed by atoms with E-state index in [0.29, 0.717) is 11.3 Å². The van der Waals surface area contributed by atoms with Gasteiger partial charge in [-0.1, -0.05) is 29.8 Å². The maximum atomic E-state index is 13.7. The molecule has 1 N–H and O–H groups in total. The summed E-state index contributed by atoms with van der Waals surface area (Å²) >= 11 is 0. The third-order valence-corrected chi connectivity index (χ3v) is 4.88. The summed E-state index contributed by atoms with van der Waals surface area (Å²) in [6.45, 7) is 3.57. The second kappa shape index (κ2) is 7.82. The number of carbonyl (C=O) groups is 1. The molecule has 31 heavy (non-hydrogen) atoms. The molecule has 1 aromatic carbocycles. The van der Waals surface area contributed by atoms with Crippen molar-refractivity contribution in [3.8, 4) is 11.3 Å². The Morgan fingerprint density at radius 2 is 1.87 bits per heavy atom. The molecule has 3 aromatic heterocycles. The van der Waals surface area contributed by atoms with E-state index in [4.69, 9.17) is 0 Å². The van der Waals surface area contributed by atoms with E-state index >= 15 is 0 Å². The van der Waals surface area contributed by atoms with Crippen molar-refractivity contribution in [2.24, 2.45) is 0 Å². The van der Waals surface area contributed by atoms with Crippen LogP contribution >= 0.6 is 0 Å². The fourth-order valence-corrected chi connectivity index (χ4v) is 3.26. The highest BCUT2D eigenvalue weighted by Gasteiger charge is 2.42. The molecule has 9 heteroatoms. The van der Waals surface area contributed by atoms with Crippen molar-refractivity contribution in [2.45, 2.75) is 26.1 Å². The number of pyridine rings is 1. The predicted octanol–water partition coefficient (Wildman–Crippen LogP) is 4.44. The average Bonchev–Trinajstić information content (AvgIpc) is 3.17. The molecule has 1 atom stereocenters. The van der Waals surface area contributed by atoms with Crippen LogP contribution in [0, 0.1) is 13.8 Å². The average molecular weight is 425 g/mol. The van der Waals surface area contributed by atoms with E-state index in [-0.39, 0.29) is 16.9 Å². The Morgan fingerprint density at radius 1 is 1.13 bits per heavy atom. The number of fused-ring (bicyclic) bond motifs is 1. The molecule has 4 aromatic rings. The molecule has 0 aliphatic heterocycles. The molecule has 0 spiro atoms. The molecule has 4 rings (SSSR count). The molecule has 0 saturated carbocycles. The Kier molecular flexibility index (Phi) is 5.18. The molecule has 0 aliphatic carbocycles. The minimum atomic E-state index is -4.68.